The highest BCUT2D eigenvalue weighted by Crippen LogP contribution is 2.06. The van der Waals surface area contributed by atoms with E-state index in [9.17, 15) is 4.79 Å². The van der Waals surface area contributed by atoms with Crippen LogP contribution >= 0.6 is 11.6 Å². The van der Waals surface area contributed by atoms with Crippen molar-refractivity contribution in [1.29, 1.82) is 0 Å². The molecular formula is C13H14ClNO. The molecule has 1 N–H and O–H groups in total. The number of benzene rings is 1. The van der Waals surface area contributed by atoms with Crippen molar-refractivity contribution in [2.45, 2.75) is 18.7 Å². The Morgan fingerprint density at radius 1 is 1.38 bits per heavy atom. The first-order valence-corrected chi connectivity index (χ1v) is 5.68. The Kier molecular flexibility index (Phi) is 5.45. The number of hydrogen-bond acceptors (Lipinski definition) is 1. The molecule has 0 saturated carbocycles. The lowest BCUT2D eigenvalue weighted by Gasteiger charge is -2.04. The van der Waals surface area contributed by atoms with Crippen LogP contribution in [0.3, 0.4) is 0 Å². The van der Waals surface area contributed by atoms with Crippen LogP contribution < -0.4 is 5.32 Å². The van der Waals surface area contributed by atoms with E-state index >= 15 is 0 Å². The van der Waals surface area contributed by atoms with E-state index in [2.05, 4.69) is 11.2 Å². The molecule has 0 aliphatic rings. The Balaban J connectivity index is 2.44. The zero-order chi connectivity index (χ0) is 11.8. The van der Waals surface area contributed by atoms with Gasteiger partial charge in [-0.2, -0.15) is 0 Å². The standard InChI is InChI=1S/C13H14ClNO/c1-2-3-4-9-15-13(16)12-7-5-11(10-14)6-8-12/h1,5-8H,3-4,9-10H2,(H,15,16). The number of carbonyl (C=O) groups excluding carboxylic acids is 1. The molecule has 1 rings (SSSR count). The first kappa shape index (κ1) is 12.6. The van der Waals surface area contributed by atoms with Crippen molar-refractivity contribution in [3.05, 3.63) is 35.4 Å². The first-order valence-electron chi connectivity index (χ1n) is 5.14. The molecule has 3 heteroatoms. The Bertz CT molecular complexity index is 378. The van der Waals surface area contributed by atoms with Crippen LogP contribution in [0.4, 0.5) is 0 Å². The maximum absolute atomic E-state index is 11.6. The van der Waals surface area contributed by atoms with Gasteiger partial charge in [0, 0.05) is 24.4 Å². The van der Waals surface area contributed by atoms with E-state index < -0.39 is 0 Å². The molecule has 1 aromatic rings. The maximum Gasteiger partial charge on any atom is 0.251 e. The Morgan fingerprint density at radius 2 is 2.06 bits per heavy atom. The number of carbonyl (C=O) groups is 1. The summed E-state index contributed by atoms with van der Waals surface area (Å²) in [5, 5.41) is 2.80. The monoisotopic (exact) mass is 235 g/mol. The Hall–Kier alpha value is -1.46. The zero-order valence-corrected chi connectivity index (χ0v) is 9.76. The normalized spacial score (nSPS) is 9.50. The second-order valence-corrected chi connectivity index (χ2v) is 3.66. The quantitative estimate of drug-likeness (QED) is 0.474. The molecule has 0 heterocycles. The van der Waals surface area contributed by atoms with Gasteiger partial charge in [0.1, 0.15) is 0 Å². The second kappa shape index (κ2) is 6.92. The predicted octanol–water partition coefficient (Wildman–Crippen LogP) is 2.57. The molecule has 0 saturated heterocycles. The summed E-state index contributed by atoms with van der Waals surface area (Å²) >= 11 is 5.66. The highest BCUT2D eigenvalue weighted by atomic mass is 35.5. The van der Waals surface area contributed by atoms with Gasteiger partial charge in [-0.3, -0.25) is 4.79 Å². The van der Waals surface area contributed by atoms with Gasteiger partial charge in [0.2, 0.25) is 0 Å². The van der Waals surface area contributed by atoms with Crippen molar-refractivity contribution in [2.24, 2.45) is 0 Å². The number of nitrogens with one attached hydrogen (secondary N) is 1. The highest BCUT2D eigenvalue weighted by Gasteiger charge is 2.03. The smallest absolute Gasteiger partial charge is 0.251 e. The molecule has 0 bridgehead atoms. The molecule has 0 aromatic heterocycles. The Labute approximate surface area is 101 Å². The fourth-order valence-corrected chi connectivity index (χ4v) is 1.42. The summed E-state index contributed by atoms with van der Waals surface area (Å²) < 4.78 is 0. The molecular weight excluding hydrogens is 222 g/mol. The van der Waals surface area contributed by atoms with E-state index in [1.807, 2.05) is 12.1 Å². The summed E-state index contributed by atoms with van der Waals surface area (Å²) in [5.74, 6) is 2.92. The van der Waals surface area contributed by atoms with Gasteiger partial charge in [-0.05, 0) is 24.1 Å². The molecule has 1 aromatic carbocycles. The van der Waals surface area contributed by atoms with Gasteiger partial charge in [0.25, 0.3) is 5.91 Å². The van der Waals surface area contributed by atoms with Gasteiger partial charge < -0.3 is 5.32 Å². The van der Waals surface area contributed by atoms with Crippen molar-refractivity contribution in [3.8, 4) is 12.3 Å². The van der Waals surface area contributed by atoms with Crippen LogP contribution in [0.1, 0.15) is 28.8 Å². The number of alkyl halides is 1. The number of rotatable bonds is 5. The predicted molar refractivity (Wildman–Crippen MR) is 66.4 cm³/mol. The molecule has 1 amide bonds. The van der Waals surface area contributed by atoms with E-state index in [4.69, 9.17) is 18.0 Å². The van der Waals surface area contributed by atoms with Crippen LogP contribution in [-0.4, -0.2) is 12.5 Å². The fourth-order valence-electron chi connectivity index (χ4n) is 1.24. The van der Waals surface area contributed by atoms with Gasteiger partial charge in [-0.25, -0.2) is 0 Å². The number of unbranched alkanes of at least 4 members (excludes halogenated alkanes) is 1. The van der Waals surface area contributed by atoms with Crippen LogP contribution in [-0.2, 0) is 5.88 Å². The molecule has 0 spiro atoms. The van der Waals surface area contributed by atoms with E-state index in [1.54, 1.807) is 12.1 Å². The topological polar surface area (TPSA) is 29.1 Å². The highest BCUT2D eigenvalue weighted by molar-refractivity contribution is 6.17. The SMILES string of the molecule is C#CCCCNC(=O)c1ccc(CCl)cc1. The van der Waals surface area contributed by atoms with E-state index in [-0.39, 0.29) is 5.91 Å². The minimum atomic E-state index is -0.0712. The average molecular weight is 236 g/mol. The van der Waals surface area contributed by atoms with E-state index in [0.29, 0.717) is 24.4 Å². The summed E-state index contributed by atoms with van der Waals surface area (Å²) in [6, 6.07) is 7.25. The summed E-state index contributed by atoms with van der Waals surface area (Å²) in [5.41, 5.74) is 1.65. The van der Waals surface area contributed by atoms with Crippen LogP contribution in [0.2, 0.25) is 0 Å². The molecule has 84 valence electrons. The largest absolute Gasteiger partial charge is 0.352 e. The lowest BCUT2D eigenvalue weighted by Crippen LogP contribution is -2.24. The van der Waals surface area contributed by atoms with Crippen molar-refractivity contribution in [2.75, 3.05) is 6.54 Å². The summed E-state index contributed by atoms with van der Waals surface area (Å²) in [6.45, 7) is 0.611. The van der Waals surface area contributed by atoms with Crippen molar-refractivity contribution >= 4 is 17.5 Å². The Morgan fingerprint density at radius 3 is 2.62 bits per heavy atom. The average Bonchev–Trinajstić information content (AvgIpc) is 2.34. The van der Waals surface area contributed by atoms with Gasteiger partial charge in [-0.1, -0.05) is 12.1 Å². The maximum atomic E-state index is 11.6. The fraction of sp³-hybridized carbons (Fsp3) is 0.308. The molecule has 2 nitrogen and oxygen atoms in total. The van der Waals surface area contributed by atoms with Gasteiger partial charge in [-0.15, -0.1) is 23.9 Å². The van der Waals surface area contributed by atoms with Crippen LogP contribution in [0, 0.1) is 12.3 Å². The van der Waals surface area contributed by atoms with Crippen molar-refractivity contribution < 1.29 is 4.79 Å². The third kappa shape index (κ3) is 3.96. The minimum Gasteiger partial charge on any atom is -0.352 e. The van der Waals surface area contributed by atoms with Crippen molar-refractivity contribution in [3.63, 3.8) is 0 Å². The summed E-state index contributed by atoms with van der Waals surface area (Å²) in [6.07, 6.45) is 6.61. The zero-order valence-electron chi connectivity index (χ0n) is 9.00. The molecule has 0 aliphatic heterocycles. The van der Waals surface area contributed by atoms with E-state index in [0.717, 1.165) is 12.0 Å². The molecule has 0 aliphatic carbocycles. The van der Waals surface area contributed by atoms with Crippen LogP contribution in [0.15, 0.2) is 24.3 Å². The second-order valence-electron chi connectivity index (χ2n) is 3.39. The van der Waals surface area contributed by atoms with Gasteiger partial charge in [0.15, 0.2) is 0 Å². The molecule has 0 atom stereocenters. The molecule has 16 heavy (non-hydrogen) atoms. The first-order chi connectivity index (χ1) is 7.77. The lowest BCUT2D eigenvalue weighted by atomic mass is 10.1. The number of halogens is 1. The van der Waals surface area contributed by atoms with Crippen LogP contribution in [0.25, 0.3) is 0 Å². The van der Waals surface area contributed by atoms with Gasteiger partial charge in [0.05, 0.1) is 0 Å². The van der Waals surface area contributed by atoms with Crippen molar-refractivity contribution in [1.82, 2.24) is 5.32 Å². The minimum absolute atomic E-state index is 0.0712. The van der Waals surface area contributed by atoms with Crippen LogP contribution in [0.5, 0.6) is 0 Å². The summed E-state index contributed by atoms with van der Waals surface area (Å²) in [7, 11) is 0. The summed E-state index contributed by atoms with van der Waals surface area (Å²) in [4.78, 5) is 11.6. The molecule has 0 unspecified atom stereocenters. The number of amides is 1. The van der Waals surface area contributed by atoms with Gasteiger partial charge >= 0.3 is 0 Å². The lowest BCUT2D eigenvalue weighted by molar-refractivity contribution is 0.0953. The molecule has 0 fully saturated rings. The van der Waals surface area contributed by atoms with E-state index in [1.165, 1.54) is 0 Å². The third-order valence-corrected chi connectivity index (χ3v) is 2.46. The third-order valence-electron chi connectivity index (χ3n) is 2.15. The molecule has 0 radical (unpaired) electrons. The number of hydrogen-bond donors (Lipinski definition) is 1. The number of terminal acetylenes is 1.